The molecule has 1 amide bonds. The summed E-state index contributed by atoms with van der Waals surface area (Å²) in [5.74, 6) is 1.02. The van der Waals surface area contributed by atoms with E-state index >= 15 is 0 Å². The number of carbonyl (C=O) groups excluding carboxylic acids is 1. The highest BCUT2D eigenvalue weighted by Crippen LogP contribution is 2.19. The van der Waals surface area contributed by atoms with Crippen molar-refractivity contribution in [3.8, 4) is 0 Å². The second-order valence-electron chi connectivity index (χ2n) is 7.37. The molecule has 0 atom stereocenters. The lowest BCUT2D eigenvalue weighted by atomic mass is 9.97. The van der Waals surface area contributed by atoms with E-state index < -0.39 is 0 Å². The summed E-state index contributed by atoms with van der Waals surface area (Å²) in [5, 5.41) is 6.83. The maximum Gasteiger partial charge on any atom is 0.251 e. The first kappa shape index (κ1) is 18.0. The van der Waals surface area contributed by atoms with Gasteiger partial charge in [-0.1, -0.05) is 25.9 Å². The Morgan fingerprint density at radius 3 is 2.42 bits per heavy atom. The van der Waals surface area contributed by atoms with Gasteiger partial charge >= 0.3 is 0 Å². The summed E-state index contributed by atoms with van der Waals surface area (Å²) in [6, 6.07) is 5.34. The molecular formula is C19H23N5O2. The lowest BCUT2D eigenvalue weighted by Crippen LogP contribution is -2.26. The van der Waals surface area contributed by atoms with Crippen molar-refractivity contribution in [3.63, 3.8) is 0 Å². The fourth-order valence-electron chi connectivity index (χ4n) is 2.42. The highest BCUT2D eigenvalue weighted by molar-refractivity contribution is 5.97. The number of hydrogen-bond donors (Lipinski definition) is 1. The van der Waals surface area contributed by atoms with Crippen LogP contribution in [0.3, 0.4) is 0 Å². The van der Waals surface area contributed by atoms with Crippen molar-refractivity contribution in [1.82, 2.24) is 25.4 Å². The highest BCUT2D eigenvalue weighted by atomic mass is 16.5. The van der Waals surface area contributed by atoms with E-state index in [9.17, 15) is 4.79 Å². The van der Waals surface area contributed by atoms with E-state index in [0.29, 0.717) is 35.8 Å². The van der Waals surface area contributed by atoms with Gasteiger partial charge in [0, 0.05) is 23.9 Å². The SMILES string of the molecule is Cc1nc2ccc(C(=O)NCCc3noc(C(C)(C)C)n3)cc2nc1C. The zero-order valence-corrected chi connectivity index (χ0v) is 15.8. The Labute approximate surface area is 152 Å². The predicted molar refractivity (Wildman–Crippen MR) is 98.0 cm³/mol. The number of aromatic nitrogens is 4. The Morgan fingerprint density at radius 2 is 1.77 bits per heavy atom. The number of carbonyl (C=O) groups is 1. The van der Waals surface area contributed by atoms with Gasteiger partial charge < -0.3 is 9.84 Å². The molecule has 0 saturated heterocycles. The molecule has 3 rings (SSSR count). The largest absolute Gasteiger partial charge is 0.352 e. The van der Waals surface area contributed by atoms with Gasteiger partial charge in [-0.3, -0.25) is 4.79 Å². The van der Waals surface area contributed by atoms with Crippen molar-refractivity contribution in [1.29, 1.82) is 0 Å². The molecule has 0 spiro atoms. The molecule has 0 unspecified atom stereocenters. The first-order chi connectivity index (χ1) is 12.2. The number of benzene rings is 1. The molecule has 1 N–H and O–H groups in total. The minimum atomic E-state index is -0.183. The van der Waals surface area contributed by atoms with Crippen LogP contribution in [0.25, 0.3) is 11.0 Å². The number of rotatable bonds is 4. The minimum Gasteiger partial charge on any atom is -0.352 e. The van der Waals surface area contributed by atoms with Gasteiger partial charge in [0.15, 0.2) is 5.82 Å². The number of hydrogen-bond acceptors (Lipinski definition) is 6. The van der Waals surface area contributed by atoms with Crippen molar-refractivity contribution in [3.05, 3.63) is 46.9 Å². The van der Waals surface area contributed by atoms with Crippen LogP contribution < -0.4 is 5.32 Å². The molecule has 0 bridgehead atoms. The predicted octanol–water partition coefficient (Wildman–Crippen LogP) is 2.90. The van der Waals surface area contributed by atoms with Crippen LogP contribution in [0.4, 0.5) is 0 Å². The molecule has 1 aromatic carbocycles. The standard InChI is InChI=1S/C19H23N5O2/c1-11-12(2)22-15-10-13(6-7-14(15)21-11)17(25)20-9-8-16-23-18(26-24-16)19(3,4)5/h6-7,10H,8-9H2,1-5H3,(H,20,25). The van der Waals surface area contributed by atoms with Gasteiger partial charge in [0.2, 0.25) is 5.89 Å². The van der Waals surface area contributed by atoms with E-state index in [1.165, 1.54) is 0 Å². The molecule has 0 aliphatic heterocycles. The lowest BCUT2D eigenvalue weighted by molar-refractivity contribution is 0.0954. The van der Waals surface area contributed by atoms with Gasteiger partial charge in [-0.25, -0.2) is 9.97 Å². The van der Waals surface area contributed by atoms with Crippen LogP contribution in [0.15, 0.2) is 22.7 Å². The fourth-order valence-corrected chi connectivity index (χ4v) is 2.42. The monoisotopic (exact) mass is 353 g/mol. The first-order valence-corrected chi connectivity index (χ1v) is 8.60. The van der Waals surface area contributed by atoms with Crippen molar-refractivity contribution in [2.75, 3.05) is 6.54 Å². The quantitative estimate of drug-likeness (QED) is 0.775. The third-order valence-electron chi connectivity index (χ3n) is 4.08. The molecule has 0 fully saturated rings. The number of nitrogens with zero attached hydrogens (tertiary/aromatic N) is 4. The molecule has 7 nitrogen and oxygen atoms in total. The molecule has 0 saturated carbocycles. The van der Waals surface area contributed by atoms with Gasteiger partial charge in [-0.05, 0) is 32.0 Å². The van der Waals surface area contributed by atoms with E-state index in [-0.39, 0.29) is 11.3 Å². The second kappa shape index (κ2) is 6.82. The van der Waals surface area contributed by atoms with Crippen LogP contribution in [0.5, 0.6) is 0 Å². The Morgan fingerprint density at radius 1 is 1.08 bits per heavy atom. The lowest BCUT2D eigenvalue weighted by Gasteiger charge is -2.10. The maximum atomic E-state index is 12.4. The summed E-state index contributed by atoms with van der Waals surface area (Å²) < 4.78 is 5.25. The van der Waals surface area contributed by atoms with Crippen LogP contribution in [0.2, 0.25) is 0 Å². The molecule has 136 valence electrons. The maximum absolute atomic E-state index is 12.4. The third-order valence-corrected chi connectivity index (χ3v) is 4.08. The van der Waals surface area contributed by atoms with Crippen LogP contribution in [0.1, 0.15) is 54.2 Å². The summed E-state index contributed by atoms with van der Waals surface area (Å²) in [5.41, 5.74) is 3.63. The smallest absolute Gasteiger partial charge is 0.251 e. The number of amides is 1. The number of aryl methyl sites for hydroxylation is 2. The van der Waals surface area contributed by atoms with Crippen LogP contribution in [0, 0.1) is 13.8 Å². The average molecular weight is 353 g/mol. The van der Waals surface area contributed by atoms with Crippen LogP contribution in [-0.4, -0.2) is 32.6 Å². The molecule has 26 heavy (non-hydrogen) atoms. The molecule has 7 heteroatoms. The molecule has 2 heterocycles. The summed E-state index contributed by atoms with van der Waals surface area (Å²) in [6.07, 6.45) is 0.511. The Balaban J connectivity index is 1.64. The van der Waals surface area contributed by atoms with E-state index in [1.807, 2.05) is 40.7 Å². The normalized spacial score (nSPS) is 11.7. The molecule has 3 aromatic rings. The molecule has 0 radical (unpaired) electrons. The van der Waals surface area contributed by atoms with Gasteiger partial charge in [0.1, 0.15) is 0 Å². The van der Waals surface area contributed by atoms with E-state index in [0.717, 1.165) is 16.9 Å². The van der Waals surface area contributed by atoms with Crippen molar-refractivity contribution in [2.45, 2.75) is 46.5 Å². The van der Waals surface area contributed by atoms with Gasteiger partial charge in [0.25, 0.3) is 5.91 Å². The topological polar surface area (TPSA) is 93.8 Å². The zero-order valence-electron chi connectivity index (χ0n) is 15.8. The number of nitrogens with one attached hydrogen (secondary N) is 1. The Hall–Kier alpha value is -2.83. The van der Waals surface area contributed by atoms with Crippen molar-refractivity contribution < 1.29 is 9.32 Å². The second-order valence-corrected chi connectivity index (χ2v) is 7.37. The van der Waals surface area contributed by atoms with E-state index in [2.05, 4.69) is 25.4 Å². The molecule has 2 aromatic heterocycles. The number of fused-ring (bicyclic) bond motifs is 1. The van der Waals surface area contributed by atoms with Crippen molar-refractivity contribution in [2.24, 2.45) is 0 Å². The minimum absolute atomic E-state index is 0.161. The third kappa shape index (κ3) is 3.87. The zero-order chi connectivity index (χ0) is 18.9. The first-order valence-electron chi connectivity index (χ1n) is 8.60. The highest BCUT2D eigenvalue weighted by Gasteiger charge is 2.21. The average Bonchev–Trinajstić information content (AvgIpc) is 3.04. The summed E-state index contributed by atoms with van der Waals surface area (Å²) in [7, 11) is 0. The molecular weight excluding hydrogens is 330 g/mol. The summed E-state index contributed by atoms with van der Waals surface area (Å²) in [4.78, 5) is 25.7. The van der Waals surface area contributed by atoms with E-state index in [1.54, 1.807) is 12.1 Å². The Bertz CT molecular complexity index is 956. The van der Waals surface area contributed by atoms with E-state index in [4.69, 9.17) is 4.52 Å². The van der Waals surface area contributed by atoms with Crippen LogP contribution in [-0.2, 0) is 11.8 Å². The van der Waals surface area contributed by atoms with Gasteiger partial charge in [0.05, 0.1) is 22.4 Å². The van der Waals surface area contributed by atoms with Crippen LogP contribution >= 0.6 is 0 Å². The van der Waals surface area contributed by atoms with Gasteiger partial charge in [-0.2, -0.15) is 4.98 Å². The molecule has 0 aliphatic rings. The summed E-state index contributed by atoms with van der Waals surface area (Å²) >= 11 is 0. The fraction of sp³-hybridized carbons (Fsp3) is 0.421. The van der Waals surface area contributed by atoms with Gasteiger partial charge in [-0.15, -0.1) is 0 Å². The Kier molecular flexibility index (Phi) is 4.71. The molecule has 0 aliphatic carbocycles. The van der Waals surface area contributed by atoms with Crippen molar-refractivity contribution >= 4 is 16.9 Å². The summed E-state index contributed by atoms with van der Waals surface area (Å²) in [6.45, 7) is 10.3.